The van der Waals surface area contributed by atoms with Crippen molar-refractivity contribution in [2.45, 2.75) is 31.8 Å². The van der Waals surface area contributed by atoms with Gasteiger partial charge in [-0.2, -0.15) is 0 Å². The number of nitrogens with zero attached hydrogens (tertiary/aromatic N) is 1. The monoisotopic (exact) mass is 371 g/mol. The zero-order valence-corrected chi connectivity index (χ0v) is 16.0. The quantitative estimate of drug-likeness (QED) is 0.645. The van der Waals surface area contributed by atoms with Crippen LogP contribution in [-0.2, 0) is 24.5 Å². The molecule has 2 aliphatic heterocycles. The predicted octanol–water partition coefficient (Wildman–Crippen LogP) is 4.76. The van der Waals surface area contributed by atoms with Crippen molar-refractivity contribution >= 4 is 0 Å². The highest BCUT2D eigenvalue weighted by Gasteiger charge is 2.38. The Kier molecular flexibility index (Phi) is 4.86. The van der Waals surface area contributed by atoms with E-state index in [1.54, 1.807) is 0 Å². The van der Waals surface area contributed by atoms with Gasteiger partial charge in [0.25, 0.3) is 0 Å². The van der Waals surface area contributed by atoms with Crippen LogP contribution in [0.4, 0.5) is 0 Å². The van der Waals surface area contributed by atoms with Gasteiger partial charge < -0.3 is 9.47 Å². The number of benzene rings is 3. The molecule has 3 nitrogen and oxygen atoms in total. The fraction of sp³-hybridized carbons (Fsp3) is 0.280. The summed E-state index contributed by atoms with van der Waals surface area (Å²) >= 11 is 0. The van der Waals surface area contributed by atoms with Crippen LogP contribution in [0.2, 0.25) is 0 Å². The molecule has 0 saturated carbocycles. The first-order valence-corrected chi connectivity index (χ1v) is 10.0. The minimum absolute atomic E-state index is 0.298. The Balaban J connectivity index is 1.27. The molecule has 2 heterocycles. The first-order valence-electron chi connectivity index (χ1n) is 10.0. The summed E-state index contributed by atoms with van der Waals surface area (Å²) in [7, 11) is 0. The second-order valence-corrected chi connectivity index (χ2v) is 7.77. The Morgan fingerprint density at radius 2 is 1.61 bits per heavy atom. The molecular weight excluding hydrogens is 346 g/mol. The number of hydrogen-bond donors (Lipinski definition) is 0. The highest BCUT2D eigenvalue weighted by atomic mass is 16.5. The van der Waals surface area contributed by atoms with Crippen LogP contribution < -0.4 is 4.74 Å². The number of likely N-dealkylation sites (tertiary alicyclic amines) is 1. The van der Waals surface area contributed by atoms with Gasteiger partial charge in [-0.3, -0.25) is 4.90 Å². The smallest absolute Gasteiger partial charge is 0.120 e. The zero-order chi connectivity index (χ0) is 18.8. The second kappa shape index (κ2) is 7.78. The zero-order valence-electron chi connectivity index (χ0n) is 16.0. The minimum Gasteiger partial charge on any atom is -0.489 e. The maximum atomic E-state index is 6.22. The fourth-order valence-corrected chi connectivity index (χ4v) is 4.39. The van der Waals surface area contributed by atoms with Crippen molar-refractivity contribution < 1.29 is 9.47 Å². The third-order valence-electron chi connectivity index (χ3n) is 5.81. The lowest BCUT2D eigenvalue weighted by molar-refractivity contribution is 0.0247. The summed E-state index contributed by atoms with van der Waals surface area (Å²) < 4.78 is 12.2. The third-order valence-corrected chi connectivity index (χ3v) is 5.81. The summed E-state index contributed by atoms with van der Waals surface area (Å²) in [6, 6.07) is 27.5. The average Bonchev–Trinajstić information content (AvgIpc) is 3.16. The van der Waals surface area contributed by atoms with Crippen LogP contribution in [0.3, 0.4) is 0 Å². The molecule has 0 spiro atoms. The maximum absolute atomic E-state index is 6.22. The molecule has 0 unspecified atom stereocenters. The van der Waals surface area contributed by atoms with Crippen LogP contribution in [0.1, 0.15) is 28.2 Å². The van der Waals surface area contributed by atoms with Gasteiger partial charge in [-0.25, -0.2) is 0 Å². The van der Waals surface area contributed by atoms with E-state index in [1.165, 1.54) is 22.3 Å². The van der Waals surface area contributed by atoms with Gasteiger partial charge in [0.2, 0.25) is 0 Å². The molecule has 3 aromatic carbocycles. The molecule has 0 N–H and O–H groups in total. The summed E-state index contributed by atoms with van der Waals surface area (Å²) in [6.07, 6.45) is 0.298. The van der Waals surface area contributed by atoms with Crippen molar-refractivity contribution in [3.8, 4) is 5.75 Å². The Bertz CT molecular complexity index is 926. The molecule has 0 bridgehead atoms. The van der Waals surface area contributed by atoms with E-state index in [1.807, 2.05) is 18.2 Å². The highest BCUT2D eigenvalue weighted by molar-refractivity contribution is 5.40. The molecule has 142 valence electrons. The maximum Gasteiger partial charge on any atom is 0.120 e. The van der Waals surface area contributed by atoms with Gasteiger partial charge in [-0.15, -0.1) is 0 Å². The Labute approximate surface area is 166 Å². The van der Waals surface area contributed by atoms with Crippen molar-refractivity contribution in [3.63, 3.8) is 0 Å². The van der Waals surface area contributed by atoms with Gasteiger partial charge in [0.15, 0.2) is 0 Å². The average molecular weight is 371 g/mol. The molecule has 5 rings (SSSR count). The van der Waals surface area contributed by atoms with Crippen LogP contribution in [0, 0.1) is 0 Å². The Morgan fingerprint density at radius 3 is 2.39 bits per heavy atom. The van der Waals surface area contributed by atoms with Crippen molar-refractivity contribution in [1.82, 2.24) is 4.90 Å². The van der Waals surface area contributed by atoms with E-state index in [2.05, 4.69) is 65.6 Å². The SMILES string of the molecule is c1ccc(COc2ccc3c(c2)CO[C@H]2CN(Cc4ccccc4)C[C@@H]32)cc1. The molecule has 0 amide bonds. The summed E-state index contributed by atoms with van der Waals surface area (Å²) in [5, 5.41) is 0. The number of ether oxygens (including phenoxy) is 2. The first kappa shape index (κ1) is 17.5. The predicted molar refractivity (Wildman–Crippen MR) is 110 cm³/mol. The fourth-order valence-electron chi connectivity index (χ4n) is 4.39. The Hall–Kier alpha value is -2.62. The summed E-state index contributed by atoms with van der Waals surface area (Å²) in [6.45, 7) is 4.32. The van der Waals surface area contributed by atoms with Crippen molar-refractivity contribution in [3.05, 3.63) is 101 Å². The van der Waals surface area contributed by atoms with Crippen molar-refractivity contribution in [2.75, 3.05) is 13.1 Å². The van der Waals surface area contributed by atoms with Gasteiger partial charge in [0.1, 0.15) is 12.4 Å². The molecule has 1 fully saturated rings. The van der Waals surface area contributed by atoms with Crippen LogP contribution in [-0.4, -0.2) is 24.1 Å². The van der Waals surface area contributed by atoms with Gasteiger partial charge >= 0.3 is 0 Å². The third kappa shape index (κ3) is 3.68. The van der Waals surface area contributed by atoms with E-state index < -0.39 is 0 Å². The molecule has 28 heavy (non-hydrogen) atoms. The first-order chi connectivity index (χ1) is 13.8. The molecule has 2 atom stereocenters. The van der Waals surface area contributed by atoms with E-state index >= 15 is 0 Å². The largest absolute Gasteiger partial charge is 0.489 e. The van der Waals surface area contributed by atoms with Gasteiger partial charge in [-0.05, 0) is 34.4 Å². The molecule has 3 heteroatoms. The second-order valence-electron chi connectivity index (χ2n) is 7.77. The van der Waals surface area contributed by atoms with Crippen LogP contribution in [0.25, 0.3) is 0 Å². The van der Waals surface area contributed by atoms with Gasteiger partial charge in [0, 0.05) is 25.6 Å². The summed E-state index contributed by atoms with van der Waals surface area (Å²) in [5.74, 6) is 1.37. The molecule has 2 aliphatic rings. The molecule has 0 aliphatic carbocycles. The molecule has 3 aromatic rings. The van der Waals surface area contributed by atoms with Crippen LogP contribution in [0.5, 0.6) is 5.75 Å². The van der Waals surface area contributed by atoms with Crippen LogP contribution >= 0.6 is 0 Å². The topological polar surface area (TPSA) is 21.7 Å². The van der Waals surface area contributed by atoms with E-state index in [0.717, 1.165) is 25.4 Å². The van der Waals surface area contributed by atoms with E-state index in [0.29, 0.717) is 25.2 Å². The number of fused-ring (bicyclic) bond motifs is 3. The number of rotatable bonds is 5. The minimum atomic E-state index is 0.298. The normalized spacial score (nSPS) is 21.1. The van der Waals surface area contributed by atoms with Gasteiger partial charge in [-0.1, -0.05) is 66.7 Å². The number of hydrogen-bond acceptors (Lipinski definition) is 3. The standard InChI is InChI=1S/C25H25NO2/c1-3-7-19(8-4-1)14-26-15-24-23-12-11-22(13-21(23)18-28-25(24)16-26)27-17-20-9-5-2-6-10-20/h1-13,24-25H,14-18H2/t24-,25-/m0/s1. The molecule has 0 radical (unpaired) electrons. The highest BCUT2D eigenvalue weighted by Crippen LogP contribution is 2.38. The molecular formula is C25H25NO2. The Morgan fingerprint density at radius 1 is 0.857 bits per heavy atom. The lowest BCUT2D eigenvalue weighted by atomic mass is 9.89. The lowest BCUT2D eigenvalue weighted by Gasteiger charge is -2.28. The van der Waals surface area contributed by atoms with Crippen LogP contribution in [0.15, 0.2) is 78.9 Å². The van der Waals surface area contributed by atoms with Crippen molar-refractivity contribution in [2.24, 2.45) is 0 Å². The summed E-state index contributed by atoms with van der Waals surface area (Å²) in [4.78, 5) is 2.51. The van der Waals surface area contributed by atoms with E-state index in [-0.39, 0.29) is 0 Å². The molecule has 1 saturated heterocycles. The van der Waals surface area contributed by atoms with Crippen molar-refractivity contribution in [1.29, 1.82) is 0 Å². The van der Waals surface area contributed by atoms with E-state index in [9.17, 15) is 0 Å². The molecule has 0 aromatic heterocycles. The summed E-state index contributed by atoms with van der Waals surface area (Å²) in [5.41, 5.74) is 5.25. The lowest BCUT2D eigenvalue weighted by Crippen LogP contribution is -2.27. The van der Waals surface area contributed by atoms with Gasteiger partial charge in [0.05, 0.1) is 12.7 Å². The van der Waals surface area contributed by atoms with E-state index in [4.69, 9.17) is 9.47 Å².